The molecule has 0 aromatic carbocycles. The van der Waals surface area contributed by atoms with E-state index < -0.39 is 37.6 Å². The zero-order chi connectivity index (χ0) is 24.8. The molecule has 0 bridgehead atoms. The summed E-state index contributed by atoms with van der Waals surface area (Å²) in [6.45, 7) is 21.1. The molecule has 0 saturated carbocycles. The molecule has 0 fully saturated rings. The van der Waals surface area contributed by atoms with Crippen LogP contribution in [0.5, 0.6) is 0 Å². The number of imide groups is 3. The van der Waals surface area contributed by atoms with E-state index in [0.29, 0.717) is 24.3 Å². The number of ether oxygens (including phenoxy) is 2. The fourth-order valence-electron chi connectivity index (χ4n) is 2.14. The van der Waals surface area contributed by atoms with Gasteiger partial charge in [0.25, 0.3) is 0 Å². The number of carbonyl (C=O) groups excluding carboxylic acids is 3. The molecular weight excluding hydrogens is 416 g/mol. The Labute approximate surface area is 189 Å². The number of hydrogen-bond donors (Lipinski definition) is 1. The van der Waals surface area contributed by atoms with Crippen molar-refractivity contribution in [3.05, 3.63) is 0 Å². The predicted octanol–water partition coefficient (Wildman–Crippen LogP) is 5.20. The zero-order valence-electron chi connectivity index (χ0n) is 21.4. The van der Waals surface area contributed by atoms with Crippen molar-refractivity contribution in [3.63, 3.8) is 0 Å². The number of nitrogens with two attached hydrogens (primary N) is 1. The third kappa shape index (κ3) is 11.7. The van der Waals surface area contributed by atoms with E-state index in [9.17, 15) is 14.4 Å². The van der Waals surface area contributed by atoms with Crippen LogP contribution in [0.1, 0.15) is 81.6 Å². The lowest BCUT2D eigenvalue weighted by atomic mass is 10.1. The van der Waals surface area contributed by atoms with Crippen LogP contribution in [0.15, 0.2) is 0 Å². The van der Waals surface area contributed by atoms with Gasteiger partial charge in [0.2, 0.25) is 5.91 Å². The van der Waals surface area contributed by atoms with Crippen LogP contribution >= 0.6 is 0 Å². The Bertz CT molecular complexity index is 601. The molecule has 0 radical (unpaired) electrons. The van der Waals surface area contributed by atoms with E-state index in [0.717, 1.165) is 0 Å². The number of hydrogen-bond acceptors (Lipinski definition) is 7. The second kappa shape index (κ2) is 10.9. The molecular formula is C22H44N2O6Si. The van der Waals surface area contributed by atoms with Crippen LogP contribution in [0.2, 0.25) is 18.1 Å². The van der Waals surface area contributed by atoms with E-state index in [1.165, 1.54) is 0 Å². The molecule has 0 aliphatic carbocycles. The molecule has 0 spiro atoms. The number of carbonyl (C=O) groups is 3. The highest BCUT2D eigenvalue weighted by atomic mass is 28.4. The first-order valence-electron chi connectivity index (χ1n) is 10.8. The first-order chi connectivity index (χ1) is 13.7. The molecule has 0 aliphatic rings. The van der Waals surface area contributed by atoms with Gasteiger partial charge in [0, 0.05) is 19.1 Å². The predicted molar refractivity (Wildman–Crippen MR) is 124 cm³/mol. The molecule has 0 aliphatic heterocycles. The summed E-state index contributed by atoms with van der Waals surface area (Å²) in [7, 11) is -1.90. The summed E-state index contributed by atoms with van der Waals surface area (Å²) in [5.41, 5.74) is 4.44. The van der Waals surface area contributed by atoms with Gasteiger partial charge in [-0.25, -0.2) is 9.59 Å². The van der Waals surface area contributed by atoms with E-state index in [-0.39, 0.29) is 17.5 Å². The molecule has 182 valence electrons. The van der Waals surface area contributed by atoms with Crippen molar-refractivity contribution >= 4 is 26.4 Å². The standard InChI is InChI=1S/C22H44N2O6Si/c1-20(2,3)29-18(26)24(19(27)30-21(4,5)6)17(25)14-12-13-16(23)15-28-31(10,11)22(7,8)9/h16H,12-15,23H2,1-11H3/t16-/m0/s1. The summed E-state index contributed by atoms with van der Waals surface area (Å²) >= 11 is 0. The van der Waals surface area contributed by atoms with Crippen LogP contribution in [0.4, 0.5) is 9.59 Å². The molecule has 0 unspecified atom stereocenters. The Balaban J connectivity index is 4.96. The molecule has 0 heterocycles. The van der Waals surface area contributed by atoms with Gasteiger partial charge in [-0.2, -0.15) is 0 Å². The van der Waals surface area contributed by atoms with Crippen LogP contribution < -0.4 is 5.73 Å². The SMILES string of the molecule is CC(C)(C)OC(=O)N(C(=O)CCC[C@H](N)CO[Si](C)(C)C(C)(C)C)C(=O)OC(C)(C)C. The maximum absolute atomic E-state index is 12.7. The van der Waals surface area contributed by atoms with Crippen molar-refractivity contribution in [2.24, 2.45) is 5.73 Å². The molecule has 2 N–H and O–H groups in total. The Morgan fingerprint density at radius 2 is 1.29 bits per heavy atom. The van der Waals surface area contributed by atoms with Crippen molar-refractivity contribution < 1.29 is 28.3 Å². The van der Waals surface area contributed by atoms with Gasteiger partial charge >= 0.3 is 12.2 Å². The first-order valence-corrected chi connectivity index (χ1v) is 13.8. The van der Waals surface area contributed by atoms with E-state index in [1.807, 2.05) is 0 Å². The summed E-state index contributed by atoms with van der Waals surface area (Å²) in [6, 6.07) is -0.238. The number of nitrogens with zero attached hydrogens (tertiary/aromatic N) is 1. The molecule has 9 heteroatoms. The third-order valence-corrected chi connectivity index (χ3v) is 9.33. The largest absolute Gasteiger partial charge is 0.443 e. The highest BCUT2D eigenvalue weighted by Crippen LogP contribution is 2.36. The molecule has 0 saturated heterocycles. The van der Waals surface area contributed by atoms with Crippen LogP contribution in [-0.2, 0) is 18.7 Å². The second-order valence-corrected chi connectivity index (χ2v) is 16.2. The summed E-state index contributed by atoms with van der Waals surface area (Å²) < 4.78 is 16.6. The van der Waals surface area contributed by atoms with Gasteiger partial charge in [-0.05, 0) is 72.5 Å². The Kier molecular flexibility index (Phi) is 10.4. The zero-order valence-corrected chi connectivity index (χ0v) is 22.4. The van der Waals surface area contributed by atoms with Crippen molar-refractivity contribution in [2.75, 3.05) is 6.61 Å². The number of rotatable bonds is 7. The molecule has 3 amide bonds. The van der Waals surface area contributed by atoms with Crippen molar-refractivity contribution in [3.8, 4) is 0 Å². The van der Waals surface area contributed by atoms with E-state index in [2.05, 4.69) is 33.9 Å². The monoisotopic (exact) mass is 460 g/mol. The van der Waals surface area contributed by atoms with E-state index in [1.54, 1.807) is 41.5 Å². The fraction of sp³-hybridized carbons (Fsp3) is 0.864. The first kappa shape index (κ1) is 29.5. The van der Waals surface area contributed by atoms with E-state index >= 15 is 0 Å². The Morgan fingerprint density at radius 1 is 0.871 bits per heavy atom. The second-order valence-electron chi connectivity index (χ2n) is 11.4. The molecule has 8 nitrogen and oxygen atoms in total. The maximum Gasteiger partial charge on any atom is 0.426 e. The van der Waals surface area contributed by atoms with Crippen molar-refractivity contribution in [1.82, 2.24) is 4.90 Å². The van der Waals surface area contributed by atoms with Gasteiger partial charge in [0.1, 0.15) is 11.2 Å². The minimum absolute atomic E-state index is 0.0354. The number of amides is 3. The molecule has 0 rings (SSSR count). The Hall–Kier alpha value is -1.45. The van der Waals surface area contributed by atoms with Crippen molar-refractivity contribution in [1.29, 1.82) is 0 Å². The van der Waals surface area contributed by atoms with Crippen molar-refractivity contribution in [2.45, 2.75) is 117 Å². The van der Waals surface area contributed by atoms with Crippen LogP contribution in [0.3, 0.4) is 0 Å². The quantitative estimate of drug-likeness (QED) is 0.520. The van der Waals surface area contributed by atoms with Gasteiger partial charge in [-0.15, -0.1) is 4.90 Å². The summed E-state index contributed by atoms with van der Waals surface area (Å²) in [6.07, 6.45) is -1.19. The molecule has 0 aromatic rings. The molecule has 1 atom stereocenters. The fourth-order valence-corrected chi connectivity index (χ4v) is 3.20. The lowest BCUT2D eigenvalue weighted by Crippen LogP contribution is -2.47. The van der Waals surface area contributed by atoms with Gasteiger partial charge in [-0.1, -0.05) is 20.8 Å². The highest BCUT2D eigenvalue weighted by molar-refractivity contribution is 6.74. The van der Waals surface area contributed by atoms with E-state index in [4.69, 9.17) is 19.6 Å². The van der Waals surface area contributed by atoms with Gasteiger partial charge in [-0.3, -0.25) is 4.79 Å². The molecule has 0 aromatic heterocycles. The minimum atomic E-state index is -1.90. The average molecular weight is 461 g/mol. The normalized spacial score (nSPS) is 14.1. The van der Waals surface area contributed by atoms with Gasteiger partial charge in [0.05, 0.1) is 0 Å². The van der Waals surface area contributed by atoms with Crippen LogP contribution in [-0.4, -0.2) is 55.2 Å². The molecule has 31 heavy (non-hydrogen) atoms. The van der Waals surface area contributed by atoms with Crippen LogP contribution in [0, 0.1) is 0 Å². The summed E-state index contributed by atoms with van der Waals surface area (Å²) in [5, 5.41) is 0.0873. The highest BCUT2D eigenvalue weighted by Gasteiger charge is 2.38. The maximum atomic E-state index is 12.7. The topological polar surface area (TPSA) is 108 Å². The van der Waals surface area contributed by atoms with Crippen LogP contribution in [0.25, 0.3) is 0 Å². The summed E-state index contributed by atoms with van der Waals surface area (Å²) in [5.74, 6) is -0.680. The smallest absolute Gasteiger partial charge is 0.426 e. The van der Waals surface area contributed by atoms with Gasteiger partial charge in [0.15, 0.2) is 8.32 Å². The average Bonchev–Trinajstić information content (AvgIpc) is 2.48. The van der Waals surface area contributed by atoms with Gasteiger partial charge < -0.3 is 19.6 Å². The summed E-state index contributed by atoms with van der Waals surface area (Å²) in [4.78, 5) is 38.1. The third-order valence-electron chi connectivity index (χ3n) is 4.83. The lowest BCUT2D eigenvalue weighted by molar-refractivity contribution is -0.129. The minimum Gasteiger partial charge on any atom is -0.443 e. The lowest BCUT2D eigenvalue weighted by Gasteiger charge is -2.37. The Morgan fingerprint density at radius 3 is 1.65 bits per heavy atom.